The maximum atomic E-state index is 13.3. The Hall–Kier alpha value is -3.16. The molecule has 6 nitrogen and oxygen atoms in total. The third-order valence-electron chi connectivity index (χ3n) is 5.91. The number of benzene rings is 3. The van der Waals surface area contributed by atoms with Crippen molar-refractivity contribution in [2.24, 2.45) is 5.73 Å². The second-order valence-corrected chi connectivity index (χ2v) is 9.28. The lowest BCUT2D eigenvalue weighted by molar-refractivity contribution is -0.121. The van der Waals surface area contributed by atoms with Crippen LogP contribution in [0.3, 0.4) is 0 Å². The molecule has 3 atom stereocenters. The van der Waals surface area contributed by atoms with E-state index in [1.54, 1.807) is 0 Å². The summed E-state index contributed by atoms with van der Waals surface area (Å²) in [6, 6.07) is 23.8. The van der Waals surface area contributed by atoms with Gasteiger partial charge in [-0.2, -0.15) is 0 Å². The van der Waals surface area contributed by atoms with Gasteiger partial charge in [-0.1, -0.05) is 70.5 Å². The molecular weight excluding hydrogens is 482 g/mol. The lowest BCUT2D eigenvalue weighted by atomic mass is 10.0. The van der Waals surface area contributed by atoms with Crippen molar-refractivity contribution in [2.75, 3.05) is 5.32 Å². The fraction of sp³-hybridized carbons (Fsp3) is 0.231. The molecule has 4 N–H and O–H groups in total. The van der Waals surface area contributed by atoms with Crippen molar-refractivity contribution in [3.63, 3.8) is 0 Å². The molecule has 2 amide bonds. The summed E-state index contributed by atoms with van der Waals surface area (Å²) < 4.78 is 0.905. The van der Waals surface area contributed by atoms with E-state index >= 15 is 0 Å². The zero-order valence-corrected chi connectivity index (χ0v) is 19.6. The number of anilines is 1. The lowest BCUT2D eigenvalue weighted by Crippen LogP contribution is -2.47. The molecule has 170 valence electrons. The van der Waals surface area contributed by atoms with E-state index in [2.05, 4.69) is 21.2 Å². The molecule has 0 saturated heterocycles. The summed E-state index contributed by atoms with van der Waals surface area (Å²) >= 11 is 3.39. The van der Waals surface area contributed by atoms with Crippen LogP contribution in [0.5, 0.6) is 0 Å². The SMILES string of the molecule is N[C@@H]1C[C@H]1c1ccc(NC(=O)C(Cc2ccccc2)N(Cc2ccc(Br)cc2)C(=O)O)cc1. The summed E-state index contributed by atoms with van der Waals surface area (Å²) in [5, 5.41) is 12.9. The van der Waals surface area contributed by atoms with Gasteiger partial charge in [-0.3, -0.25) is 9.69 Å². The number of carbonyl (C=O) groups excluding carboxylic acids is 1. The number of nitrogens with one attached hydrogen (secondary N) is 1. The molecular formula is C26H26BrN3O3. The molecule has 0 aromatic heterocycles. The summed E-state index contributed by atoms with van der Waals surface area (Å²) in [5.41, 5.74) is 9.41. The Morgan fingerprint density at radius 2 is 1.64 bits per heavy atom. The fourth-order valence-electron chi connectivity index (χ4n) is 3.92. The third kappa shape index (κ3) is 6.00. The van der Waals surface area contributed by atoms with E-state index in [9.17, 15) is 14.7 Å². The Labute approximate surface area is 201 Å². The minimum absolute atomic E-state index is 0.103. The third-order valence-corrected chi connectivity index (χ3v) is 6.44. The van der Waals surface area contributed by atoms with Crippen molar-refractivity contribution >= 4 is 33.6 Å². The van der Waals surface area contributed by atoms with Gasteiger partial charge in [0, 0.05) is 35.1 Å². The number of rotatable bonds is 8. The normalized spacial score (nSPS) is 17.8. The number of carboxylic acid groups (broad SMARTS) is 1. The molecule has 3 aromatic rings. The molecule has 1 aliphatic rings. The maximum absolute atomic E-state index is 13.3. The second kappa shape index (κ2) is 10.2. The van der Waals surface area contributed by atoms with Crippen LogP contribution in [0.4, 0.5) is 10.5 Å². The summed E-state index contributed by atoms with van der Waals surface area (Å²) in [6.07, 6.45) is 0.103. The van der Waals surface area contributed by atoms with Crippen LogP contribution in [0.1, 0.15) is 29.0 Å². The van der Waals surface area contributed by atoms with Gasteiger partial charge in [-0.05, 0) is 47.4 Å². The highest BCUT2D eigenvalue weighted by atomic mass is 79.9. The highest BCUT2D eigenvalue weighted by molar-refractivity contribution is 9.10. The Kier molecular flexibility index (Phi) is 7.11. The van der Waals surface area contributed by atoms with Crippen LogP contribution in [-0.4, -0.2) is 34.1 Å². The van der Waals surface area contributed by atoms with Crippen LogP contribution in [0, 0.1) is 0 Å². The van der Waals surface area contributed by atoms with Gasteiger partial charge in [-0.15, -0.1) is 0 Å². The Morgan fingerprint density at radius 1 is 1.00 bits per heavy atom. The van der Waals surface area contributed by atoms with Crippen LogP contribution in [0.15, 0.2) is 83.3 Å². The van der Waals surface area contributed by atoms with E-state index < -0.39 is 12.1 Å². The quantitative estimate of drug-likeness (QED) is 0.400. The molecule has 0 heterocycles. The Morgan fingerprint density at radius 3 is 2.21 bits per heavy atom. The van der Waals surface area contributed by atoms with Crippen LogP contribution in [0.25, 0.3) is 0 Å². The van der Waals surface area contributed by atoms with Gasteiger partial charge in [0.25, 0.3) is 0 Å². The molecule has 1 unspecified atom stereocenters. The zero-order valence-electron chi connectivity index (χ0n) is 18.0. The van der Waals surface area contributed by atoms with E-state index in [0.29, 0.717) is 11.6 Å². The predicted octanol–water partition coefficient (Wildman–Crippen LogP) is 4.99. The molecule has 0 radical (unpaired) electrons. The van der Waals surface area contributed by atoms with E-state index in [1.165, 1.54) is 4.90 Å². The van der Waals surface area contributed by atoms with Crippen molar-refractivity contribution in [3.05, 3.63) is 100 Å². The summed E-state index contributed by atoms with van der Waals surface area (Å²) in [6.45, 7) is 0.103. The van der Waals surface area contributed by atoms with E-state index in [1.807, 2.05) is 78.9 Å². The van der Waals surface area contributed by atoms with Gasteiger partial charge < -0.3 is 16.2 Å². The molecule has 0 aliphatic heterocycles. The summed E-state index contributed by atoms with van der Waals surface area (Å²) in [4.78, 5) is 26.8. The van der Waals surface area contributed by atoms with E-state index in [4.69, 9.17) is 5.73 Å². The number of hydrogen-bond donors (Lipinski definition) is 3. The van der Waals surface area contributed by atoms with Gasteiger partial charge >= 0.3 is 6.09 Å². The highest BCUT2D eigenvalue weighted by Gasteiger charge is 2.35. The largest absolute Gasteiger partial charge is 0.465 e. The smallest absolute Gasteiger partial charge is 0.408 e. The lowest BCUT2D eigenvalue weighted by Gasteiger charge is -2.29. The molecule has 1 aliphatic carbocycles. The number of nitrogens with zero attached hydrogens (tertiary/aromatic N) is 1. The summed E-state index contributed by atoms with van der Waals surface area (Å²) in [7, 11) is 0. The van der Waals surface area contributed by atoms with Crippen LogP contribution < -0.4 is 11.1 Å². The van der Waals surface area contributed by atoms with Gasteiger partial charge in [0.05, 0.1) is 0 Å². The summed E-state index contributed by atoms with van der Waals surface area (Å²) in [5.74, 6) is 0.0169. The number of halogens is 1. The van der Waals surface area contributed by atoms with E-state index in [-0.39, 0.29) is 24.9 Å². The van der Waals surface area contributed by atoms with Gasteiger partial charge in [0.2, 0.25) is 5.91 Å². The molecule has 0 spiro atoms. The zero-order chi connectivity index (χ0) is 23.4. The van der Waals surface area contributed by atoms with Crippen molar-refractivity contribution in [1.82, 2.24) is 4.90 Å². The predicted molar refractivity (Wildman–Crippen MR) is 132 cm³/mol. The highest BCUT2D eigenvalue weighted by Crippen LogP contribution is 2.39. The first kappa shape index (κ1) is 23.0. The van der Waals surface area contributed by atoms with Crippen molar-refractivity contribution < 1.29 is 14.7 Å². The molecule has 0 bridgehead atoms. The van der Waals surface area contributed by atoms with Gasteiger partial charge in [-0.25, -0.2) is 4.79 Å². The second-order valence-electron chi connectivity index (χ2n) is 8.36. The molecule has 3 aromatic carbocycles. The minimum Gasteiger partial charge on any atom is -0.465 e. The number of nitrogens with two attached hydrogens (primary N) is 1. The average molecular weight is 508 g/mol. The van der Waals surface area contributed by atoms with Crippen molar-refractivity contribution in [3.8, 4) is 0 Å². The van der Waals surface area contributed by atoms with Gasteiger partial charge in [0.15, 0.2) is 0 Å². The minimum atomic E-state index is -1.15. The van der Waals surface area contributed by atoms with Crippen molar-refractivity contribution in [2.45, 2.75) is 37.4 Å². The molecule has 1 fully saturated rings. The average Bonchev–Trinajstić information content (AvgIpc) is 3.55. The van der Waals surface area contributed by atoms with Crippen LogP contribution in [-0.2, 0) is 17.8 Å². The standard InChI is InChI=1S/C26H26BrN3O3/c27-20-10-6-18(7-11-20)16-30(26(32)33)24(14-17-4-2-1-3-5-17)25(31)29-21-12-8-19(9-13-21)22-15-23(22)28/h1-13,22-24H,14-16,28H2,(H,29,31)(H,32,33)/t22-,23+,24?/m0/s1. The number of carbonyl (C=O) groups is 2. The Bertz CT molecular complexity index is 1100. The van der Waals surface area contributed by atoms with Gasteiger partial charge in [0.1, 0.15) is 6.04 Å². The fourth-order valence-corrected chi connectivity index (χ4v) is 4.18. The topological polar surface area (TPSA) is 95.7 Å². The molecule has 7 heteroatoms. The first-order valence-corrected chi connectivity index (χ1v) is 11.6. The molecule has 4 rings (SSSR count). The molecule has 1 saturated carbocycles. The first-order chi connectivity index (χ1) is 15.9. The van der Waals surface area contributed by atoms with Crippen LogP contribution in [0.2, 0.25) is 0 Å². The van der Waals surface area contributed by atoms with Crippen molar-refractivity contribution in [1.29, 1.82) is 0 Å². The Balaban J connectivity index is 1.56. The monoisotopic (exact) mass is 507 g/mol. The first-order valence-electron chi connectivity index (χ1n) is 10.8. The molecule has 33 heavy (non-hydrogen) atoms. The number of amides is 2. The van der Waals surface area contributed by atoms with E-state index in [0.717, 1.165) is 27.6 Å². The maximum Gasteiger partial charge on any atom is 0.408 e. The number of hydrogen-bond acceptors (Lipinski definition) is 3. The van der Waals surface area contributed by atoms with Crippen LogP contribution >= 0.6 is 15.9 Å².